The summed E-state index contributed by atoms with van der Waals surface area (Å²) in [7, 11) is 0. The molecule has 2 rings (SSSR count). The Hall–Kier alpha value is -1.18. The van der Waals surface area contributed by atoms with Gasteiger partial charge in [0.15, 0.2) is 0 Å². The first-order chi connectivity index (χ1) is 7.96. The van der Waals surface area contributed by atoms with E-state index in [1.807, 2.05) is 0 Å². The van der Waals surface area contributed by atoms with E-state index in [9.17, 15) is 14.7 Å². The number of nitrogens with one attached hydrogen (secondary N) is 2. The van der Waals surface area contributed by atoms with Crippen LogP contribution >= 0.6 is 0 Å². The molecule has 0 aromatic heterocycles. The third kappa shape index (κ3) is 2.01. The molecule has 3 unspecified atom stereocenters. The first kappa shape index (κ1) is 12.3. The molecule has 2 aliphatic rings. The first-order valence-electron chi connectivity index (χ1n) is 5.72. The van der Waals surface area contributed by atoms with Gasteiger partial charge in [0.1, 0.15) is 11.6 Å². The zero-order chi connectivity index (χ0) is 12.6. The van der Waals surface area contributed by atoms with Crippen LogP contribution in [0.25, 0.3) is 0 Å². The minimum atomic E-state index is -0.923. The van der Waals surface area contributed by atoms with Crippen LogP contribution in [0.4, 0.5) is 0 Å². The second kappa shape index (κ2) is 4.25. The van der Waals surface area contributed by atoms with Gasteiger partial charge in [0.25, 0.3) is 0 Å². The standard InChI is InChI=1S/C10H18N4O3/c1-6(15)7(11)8(16)14-3-2-13-10(5-14)4-12-9(10)17/h6-7,13,15H,2-5,11H2,1H3,(H,12,17). The van der Waals surface area contributed by atoms with E-state index in [0.29, 0.717) is 26.2 Å². The van der Waals surface area contributed by atoms with E-state index in [1.165, 1.54) is 6.92 Å². The average molecular weight is 242 g/mol. The van der Waals surface area contributed by atoms with Crippen molar-refractivity contribution in [3.63, 3.8) is 0 Å². The summed E-state index contributed by atoms with van der Waals surface area (Å²) in [6, 6.07) is -0.923. The molecule has 2 aliphatic heterocycles. The lowest BCUT2D eigenvalue weighted by atomic mass is 9.88. The van der Waals surface area contributed by atoms with E-state index in [4.69, 9.17) is 5.73 Å². The molecule has 2 amide bonds. The van der Waals surface area contributed by atoms with E-state index < -0.39 is 17.7 Å². The van der Waals surface area contributed by atoms with Gasteiger partial charge in [-0.3, -0.25) is 14.9 Å². The Bertz CT molecular complexity index is 346. The molecule has 0 bridgehead atoms. The molecule has 7 nitrogen and oxygen atoms in total. The summed E-state index contributed by atoms with van der Waals surface area (Å²) in [6.45, 7) is 3.40. The molecule has 3 atom stereocenters. The number of hydrogen-bond donors (Lipinski definition) is 4. The molecule has 7 heteroatoms. The van der Waals surface area contributed by atoms with Gasteiger partial charge in [-0.25, -0.2) is 0 Å². The van der Waals surface area contributed by atoms with Crippen LogP contribution in [0.3, 0.4) is 0 Å². The molecule has 2 fully saturated rings. The van der Waals surface area contributed by atoms with Crippen LogP contribution in [0.1, 0.15) is 6.92 Å². The van der Waals surface area contributed by atoms with Crippen LogP contribution in [0.15, 0.2) is 0 Å². The fraction of sp³-hybridized carbons (Fsp3) is 0.800. The molecule has 17 heavy (non-hydrogen) atoms. The van der Waals surface area contributed by atoms with Crippen LogP contribution < -0.4 is 16.4 Å². The Morgan fingerprint density at radius 3 is 2.82 bits per heavy atom. The summed E-state index contributed by atoms with van der Waals surface area (Å²) in [6.07, 6.45) is -0.886. The molecule has 2 saturated heterocycles. The zero-order valence-electron chi connectivity index (χ0n) is 9.77. The summed E-state index contributed by atoms with van der Waals surface area (Å²) in [5.41, 5.74) is 4.96. The van der Waals surface area contributed by atoms with Crippen molar-refractivity contribution in [2.45, 2.75) is 24.6 Å². The van der Waals surface area contributed by atoms with Crippen LogP contribution in [-0.2, 0) is 9.59 Å². The van der Waals surface area contributed by atoms with E-state index in [0.717, 1.165) is 0 Å². The van der Waals surface area contributed by atoms with Crippen LogP contribution in [0.5, 0.6) is 0 Å². The van der Waals surface area contributed by atoms with Gasteiger partial charge in [0, 0.05) is 26.2 Å². The molecule has 0 aliphatic carbocycles. The molecule has 2 heterocycles. The smallest absolute Gasteiger partial charge is 0.244 e. The lowest BCUT2D eigenvalue weighted by Gasteiger charge is -2.48. The Morgan fingerprint density at radius 2 is 2.35 bits per heavy atom. The number of carbonyl (C=O) groups is 2. The van der Waals surface area contributed by atoms with E-state index in [2.05, 4.69) is 10.6 Å². The SMILES string of the molecule is CC(O)C(N)C(=O)N1CCNC2(CNC2=O)C1. The fourth-order valence-electron chi connectivity index (χ4n) is 2.14. The minimum Gasteiger partial charge on any atom is -0.391 e. The predicted molar refractivity (Wildman–Crippen MR) is 60.0 cm³/mol. The topological polar surface area (TPSA) is 108 Å². The predicted octanol–water partition coefficient (Wildman–Crippen LogP) is -3.01. The molecular formula is C10H18N4O3. The maximum absolute atomic E-state index is 12.0. The highest BCUT2D eigenvalue weighted by molar-refractivity contribution is 5.94. The van der Waals surface area contributed by atoms with E-state index in [1.54, 1.807) is 4.90 Å². The molecule has 5 N–H and O–H groups in total. The van der Waals surface area contributed by atoms with Gasteiger partial charge < -0.3 is 21.1 Å². The molecule has 0 aromatic carbocycles. The van der Waals surface area contributed by atoms with E-state index >= 15 is 0 Å². The van der Waals surface area contributed by atoms with Crippen molar-refractivity contribution in [1.29, 1.82) is 0 Å². The van der Waals surface area contributed by atoms with Crippen molar-refractivity contribution < 1.29 is 14.7 Å². The third-order valence-electron chi connectivity index (χ3n) is 3.41. The van der Waals surface area contributed by atoms with Gasteiger partial charge in [-0.15, -0.1) is 0 Å². The first-order valence-corrected chi connectivity index (χ1v) is 5.72. The van der Waals surface area contributed by atoms with Crippen LogP contribution in [0.2, 0.25) is 0 Å². The number of amides is 2. The van der Waals surface area contributed by atoms with Crippen molar-refractivity contribution in [2.24, 2.45) is 5.73 Å². The maximum Gasteiger partial charge on any atom is 0.244 e. The molecule has 0 aromatic rings. The molecule has 96 valence electrons. The van der Waals surface area contributed by atoms with Crippen molar-refractivity contribution in [2.75, 3.05) is 26.2 Å². The number of aliphatic hydroxyl groups excluding tert-OH is 1. The number of aliphatic hydroxyl groups is 1. The maximum atomic E-state index is 12.0. The largest absolute Gasteiger partial charge is 0.391 e. The normalized spacial score (nSPS) is 31.7. The van der Waals surface area contributed by atoms with Crippen molar-refractivity contribution in [3.8, 4) is 0 Å². The minimum absolute atomic E-state index is 0.0828. The summed E-state index contributed by atoms with van der Waals surface area (Å²) < 4.78 is 0. The molecule has 0 radical (unpaired) electrons. The van der Waals surface area contributed by atoms with Crippen LogP contribution in [-0.4, -0.2) is 65.7 Å². The van der Waals surface area contributed by atoms with Gasteiger partial charge in [-0.05, 0) is 6.92 Å². The number of hydrogen-bond acceptors (Lipinski definition) is 5. The lowest BCUT2D eigenvalue weighted by molar-refractivity contribution is -0.144. The lowest BCUT2D eigenvalue weighted by Crippen LogP contribution is -2.79. The van der Waals surface area contributed by atoms with E-state index in [-0.39, 0.29) is 11.8 Å². The van der Waals surface area contributed by atoms with Gasteiger partial charge in [-0.1, -0.05) is 0 Å². The average Bonchev–Trinajstić information content (AvgIpc) is 2.35. The number of carbonyl (C=O) groups excluding carboxylic acids is 2. The van der Waals surface area contributed by atoms with Gasteiger partial charge in [-0.2, -0.15) is 0 Å². The zero-order valence-corrected chi connectivity index (χ0v) is 9.77. The highest BCUT2D eigenvalue weighted by atomic mass is 16.3. The van der Waals surface area contributed by atoms with Crippen molar-refractivity contribution >= 4 is 11.8 Å². The molecule has 0 saturated carbocycles. The number of nitrogens with two attached hydrogens (primary N) is 1. The monoisotopic (exact) mass is 242 g/mol. The Balaban J connectivity index is 2.02. The summed E-state index contributed by atoms with van der Waals surface area (Å²) in [5.74, 6) is -0.388. The number of nitrogens with zero attached hydrogens (tertiary/aromatic N) is 1. The highest BCUT2D eigenvalue weighted by Crippen LogP contribution is 2.18. The number of rotatable bonds is 2. The number of piperazine rings is 1. The highest BCUT2D eigenvalue weighted by Gasteiger charge is 2.50. The quantitative estimate of drug-likeness (QED) is 0.386. The molecular weight excluding hydrogens is 224 g/mol. The second-order valence-electron chi connectivity index (χ2n) is 4.72. The second-order valence-corrected chi connectivity index (χ2v) is 4.72. The van der Waals surface area contributed by atoms with Crippen molar-refractivity contribution in [1.82, 2.24) is 15.5 Å². The van der Waals surface area contributed by atoms with Gasteiger partial charge in [0.05, 0.1) is 6.10 Å². The Morgan fingerprint density at radius 1 is 1.65 bits per heavy atom. The summed E-state index contributed by atoms with van der Waals surface area (Å²) in [5, 5.41) is 15.1. The number of β-lactam (4-membered cyclic amide) rings is 1. The molecule has 1 spiro atoms. The third-order valence-corrected chi connectivity index (χ3v) is 3.41. The van der Waals surface area contributed by atoms with Crippen molar-refractivity contribution in [3.05, 3.63) is 0 Å². The summed E-state index contributed by atoms with van der Waals surface area (Å²) >= 11 is 0. The van der Waals surface area contributed by atoms with Crippen LogP contribution in [0, 0.1) is 0 Å². The summed E-state index contributed by atoms with van der Waals surface area (Å²) in [4.78, 5) is 25.0. The van der Waals surface area contributed by atoms with Gasteiger partial charge in [0.2, 0.25) is 11.8 Å². The Kier molecular flexibility index (Phi) is 3.07. The van der Waals surface area contributed by atoms with Gasteiger partial charge >= 0.3 is 0 Å². The fourth-order valence-corrected chi connectivity index (χ4v) is 2.14. The Labute approximate surface area is 99.3 Å².